The second-order valence-electron chi connectivity index (χ2n) is 9.80. The van der Waals surface area contributed by atoms with Crippen molar-refractivity contribution in [2.75, 3.05) is 19.7 Å². The van der Waals surface area contributed by atoms with E-state index in [2.05, 4.69) is 6.92 Å². The maximum absolute atomic E-state index is 13.5. The number of nitrogens with one attached hydrogen (secondary N) is 1. The Morgan fingerprint density at radius 3 is 2.41 bits per heavy atom. The first kappa shape index (κ1) is 27.6. The molecule has 2 rings (SSSR count). The Morgan fingerprint density at radius 2 is 1.85 bits per heavy atom. The summed E-state index contributed by atoms with van der Waals surface area (Å²) in [4.78, 5) is 26.4. The molecular weight excluding hydrogens is 430 g/mol. The van der Waals surface area contributed by atoms with Gasteiger partial charge in [0.1, 0.15) is 5.84 Å². The fourth-order valence-electron chi connectivity index (χ4n) is 4.33. The highest BCUT2D eigenvalue weighted by atomic mass is 16.5. The van der Waals surface area contributed by atoms with E-state index in [1.165, 1.54) is 6.42 Å². The molecule has 1 unspecified atom stereocenters. The lowest BCUT2D eigenvalue weighted by molar-refractivity contribution is -0.148. The first-order valence-electron chi connectivity index (χ1n) is 12.4. The monoisotopic (exact) mass is 471 g/mol. The number of piperidine rings is 1. The molecular formula is C27H41N3O4. The van der Waals surface area contributed by atoms with E-state index >= 15 is 0 Å². The molecule has 1 amide bonds. The van der Waals surface area contributed by atoms with Gasteiger partial charge in [-0.25, -0.2) is 0 Å². The van der Waals surface area contributed by atoms with Gasteiger partial charge in [-0.05, 0) is 44.6 Å². The minimum Gasteiger partial charge on any atom is -0.481 e. The van der Waals surface area contributed by atoms with Crippen molar-refractivity contribution in [1.82, 2.24) is 4.90 Å². The molecule has 0 saturated carbocycles. The molecule has 1 aliphatic heterocycles. The van der Waals surface area contributed by atoms with Crippen molar-refractivity contribution in [2.45, 2.75) is 71.8 Å². The van der Waals surface area contributed by atoms with Crippen molar-refractivity contribution in [2.24, 2.45) is 17.1 Å². The lowest BCUT2D eigenvalue weighted by Gasteiger charge is -2.39. The largest absolute Gasteiger partial charge is 0.481 e. The van der Waals surface area contributed by atoms with Crippen LogP contribution in [-0.2, 0) is 14.3 Å². The van der Waals surface area contributed by atoms with Gasteiger partial charge in [-0.2, -0.15) is 0 Å². The lowest BCUT2D eigenvalue weighted by atomic mass is 9.82. The molecule has 1 aliphatic rings. The number of benzene rings is 1. The molecule has 1 heterocycles. The summed E-state index contributed by atoms with van der Waals surface area (Å²) in [6.07, 6.45) is 9.49. The van der Waals surface area contributed by atoms with Crippen LogP contribution in [0.1, 0.15) is 76.8 Å². The predicted molar refractivity (Wildman–Crippen MR) is 136 cm³/mol. The zero-order chi connectivity index (χ0) is 25.1. The number of rotatable bonds is 13. The molecule has 1 aromatic rings. The van der Waals surface area contributed by atoms with E-state index in [-0.39, 0.29) is 24.1 Å². The van der Waals surface area contributed by atoms with Crippen molar-refractivity contribution in [3.8, 4) is 0 Å². The number of carbonyl (C=O) groups is 2. The van der Waals surface area contributed by atoms with Gasteiger partial charge in [0.25, 0.3) is 0 Å². The van der Waals surface area contributed by atoms with Crippen LogP contribution in [-0.4, -0.2) is 53.5 Å². The standard InChI is InChI=1S/C27H41N3O4/c1-4-5-6-7-18-34-23(13-10-20-8-11-22(12-9-20)25(28)29)27(2,3)26(33)30-16-14-21(15-17-30)19-24(31)32/h8-13,21,23H,4-7,14-19H2,1-3H3,(H3,28,29)(H,31,32)/b13-10+. The topological polar surface area (TPSA) is 117 Å². The summed E-state index contributed by atoms with van der Waals surface area (Å²) in [5.74, 6) is -0.574. The van der Waals surface area contributed by atoms with Gasteiger partial charge in [-0.1, -0.05) is 62.6 Å². The average molecular weight is 472 g/mol. The number of aliphatic carboxylic acids is 1. The summed E-state index contributed by atoms with van der Waals surface area (Å²) in [7, 11) is 0. The number of ether oxygens (including phenoxy) is 1. The molecule has 1 aromatic carbocycles. The highest BCUT2D eigenvalue weighted by Crippen LogP contribution is 2.31. The Hall–Kier alpha value is -2.67. The number of hydrogen-bond acceptors (Lipinski definition) is 4. The maximum atomic E-state index is 13.5. The van der Waals surface area contributed by atoms with Crippen LogP contribution >= 0.6 is 0 Å². The van der Waals surface area contributed by atoms with Crippen LogP contribution in [0.25, 0.3) is 6.08 Å². The molecule has 0 aliphatic carbocycles. The SMILES string of the molecule is CCCCCCOC(/C=C/c1ccc(C(=N)N)cc1)C(C)(C)C(=O)N1CCC(CC(=O)O)CC1. The van der Waals surface area contributed by atoms with Crippen LogP contribution in [0.3, 0.4) is 0 Å². The van der Waals surface area contributed by atoms with Crippen molar-refractivity contribution >= 4 is 23.8 Å². The van der Waals surface area contributed by atoms with Gasteiger partial charge >= 0.3 is 5.97 Å². The van der Waals surface area contributed by atoms with Gasteiger partial charge < -0.3 is 20.5 Å². The van der Waals surface area contributed by atoms with Crippen LogP contribution in [0, 0.1) is 16.7 Å². The molecule has 188 valence electrons. The Bertz CT molecular complexity index is 840. The molecule has 7 nitrogen and oxygen atoms in total. The first-order chi connectivity index (χ1) is 16.1. The minimum atomic E-state index is -0.775. The summed E-state index contributed by atoms with van der Waals surface area (Å²) in [6, 6.07) is 7.40. The van der Waals surface area contributed by atoms with Crippen LogP contribution in [0.5, 0.6) is 0 Å². The smallest absolute Gasteiger partial charge is 0.303 e. The second kappa shape index (κ2) is 13.3. The Labute approximate surface area is 203 Å². The highest BCUT2D eigenvalue weighted by molar-refractivity contribution is 5.95. The zero-order valence-corrected chi connectivity index (χ0v) is 20.9. The second-order valence-corrected chi connectivity index (χ2v) is 9.80. The molecule has 7 heteroatoms. The van der Waals surface area contributed by atoms with Gasteiger partial charge in [0, 0.05) is 31.7 Å². The number of amides is 1. The van der Waals surface area contributed by atoms with E-state index in [1.807, 2.05) is 43.0 Å². The van der Waals surface area contributed by atoms with Crippen molar-refractivity contribution in [3.63, 3.8) is 0 Å². The maximum Gasteiger partial charge on any atom is 0.303 e. The number of hydrogen-bond donors (Lipinski definition) is 3. The van der Waals surface area contributed by atoms with E-state index in [9.17, 15) is 9.59 Å². The third-order valence-corrected chi connectivity index (χ3v) is 6.61. The first-order valence-corrected chi connectivity index (χ1v) is 12.4. The zero-order valence-electron chi connectivity index (χ0n) is 20.9. The summed E-state index contributed by atoms with van der Waals surface area (Å²) >= 11 is 0. The fourth-order valence-corrected chi connectivity index (χ4v) is 4.33. The molecule has 1 fully saturated rings. The number of nitrogens with two attached hydrogens (primary N) is 1. The number of carbonyl (C=O) groups excluding carboxylic acids is 1. The van der Waals surface area contributed by atoms with E-state index in [1.54, 1.807) is 12.1 Å². The molecule has 34 heavy (non-hydrogen) atoms. The molecule has 0 bridgehead atoms. The lowest BCUT2D eigenvalue weighted by Crippen LogP contribution is -2.50. The predicted octanol–water partition coefficient (Wildman–Crippen LogP) is 4.69. The number of nitrogens with zero attached hydrogens (tertiary/aromatic N) is 1. The van der Waals surface area contributed by atoms with Crippen LogP contribution in [0.4, 0.5) is 0 Å². The number of nitrogen functional groups attached to an aromatic ring is 1. The quantitative estimate of drug-likeness (QED) is 0.219. The average Bonchev–Trinajstić information content (AvgIpc) is 2.80. The minimum absolute atomic E-state index is 0.0303. The van der Waals surface area contributed by atoms with Gasteiger partial charge in [0.05, 0.1) is 11.5 Å². The normalized spacial score (nSPS) is 16.0. The van der Waals surface area contributed by atoms with Crippen LogP contribution < -0.4 is 5.73 Å². The molecule has 0 spiro atoms. The number of amidine groups is 1. The summed E-state index contributed by atoms with van der Waals surface area (Å²) in [5, 5.41) is 16.6. The summed E-state index contributed by atoms with van der Waals surface area (Å²) < 4.78 is 6.26. The molecule has 1 atom stereocenters. The van der Waals surface area contributed by atoms with Gasteiger partial charge in [-0.3, -0.25) is 15.0 Å². The number of carboxylic acids is 1. The van der Waals surface area contributed by atoms with Crippen molar-refractivity contribution in [3.05, 3.63) is 41.5 Å². The van der Waals surface area contributed by atoms with E-state index in [0.717, 1.165) is 37.7 Å². The van der Waals surface area contributed by atoms with Gasteiger partial charge in [-0.15, -0.1) is 0 Å². The van der Waals surface area contributed by atoms with E-state index in [4.69, 9.17) is 21.0 Å². The van der Waals surface area contributed by atoms with Gasteiger partial charge in [0.2, 0.25) is 5.91 Å². The van der Waals surface area contributed by atoms with E-state index in [0.29, 0.717) is 25.3 Å². The van der Waals surface area contributed by atoms with Crippen molar-refractivity contribution in [1.29, 1.82) is 5.41 Å². The molecule has 1 saturated heterocycles. The molecule has 4 N–H and O–H groups in total. The van der Waals surface area contributed by atoms with Crippen LogP contribution in [0.2, 0.25) is 0 Å². The molecule has 0 aromatic heterocycles. The Balaban J connectivity index is 2.11. The number of unbranched alkanes of at least 4 members (excludes halogenated alkanes) is 3. The third kappa shape index (κ3) is 8.28. The molecule has 0 radical (unpaired) electrons. The Morgan fingerprint density at radius 1 is 1.21 bits per heavy atom. The number of carboxylic acid groups (broad SMARTS) is 1. The van der Waals surface area contributed by atoms with Gasteiger partial charge in [0.15, 0.2) is 0 Å². The van der Waals surface area contributed by atoms with E-state index < -0.39 is 17.5 Å². The highest BCUT2D eigenvalue weighted by Gasteiger charge is 2.40. The van der Waals surface area contributed by atoms with Crippen LogP contribution in [0.15, 0.2) is 30.3 Å². The van der Waals surface area contributed by atoms with Crippen molar-refractivity contribution < 1.29 is 19.4 Å². The Kier molecular flexibility index (Phi) is 10.8. The fraction of sp³-hybridized carbons (Fsp3) is 0.593. The summed E-state index contributed by atoms with van der Waals surface area (Å²) in [5.41, 5.74) is 6.40. The number of likely N-dealkylation sites (tertiary alicyclic amines) is 1. The third-order valence-electron chi connectivity index (χ3n) is 6.61. The summed E-state index contributed by atoms with van der Waals surface area (Å²) in [6.45, 7) is 7.79.